The summed E-state index contributed by atoms with van der Waals surface area (Å²) in [6.07, 6.45) is 1.51. The fraction of sp³-hybridized carbons (Fsp3) is 0.0833. The highest BCUT2D eigenvalue weighted by atomic mass is 35.5. The molecule has 10 nitrogen and oxygen atoms in total. The Morgan fingerprint density at radius 3 is 2.44 bits per heavy atom. The average molecular weight is 528 g/mol. The minimum Gasteiger partial charge on any atom is -0.478 e. The van der Waals surface area contributed by atoms with E-state index in [1.54, 1.807) is 19.1 Å². The zero-order chi connectivity index (χ0) is 26.2. The van der Waals surface area contributed by atoms with Crippen LogP contribution in [0.1, 0.15) is 30.0 Å². The molecule has 2 N–H and O–H groups in total. The van der Waals surface area contributed by atoms with E-state index in [4.69, 9.17) is 16.0 Å². The Morgan fingerprint density at radius 1 is 1.11 bits per heavy atom. The van der Waals surface area contributed by atoms with Crippen molar-refractivity contribution in [2.24, 2.45) is 5.10 Å². The van der Waals surface area contributed by atoms with Crippen molar-refractivity contribution >= 4 is 56.9 Å². The van der Waals surface area contributed by atoms with Crippen LogP contribution in [0.15, 0.2) is 74.6 Å². The maximum Gasteiger partial charge on any atom is 0.337 e. The van der Waals surface area contributed by atoms with E-state index in [0.717, 1.165) is 11.9 Å². The Labute approximate surface area is 210 Å². The number of hydrogen-bond donors (Lipinski definition) is 2. The molecule has 1 aromatic heterocycles. The summed E-state index contributed by atoms with van der Waals surface area (Å²) in [5, 5.41) is 14.6. The van der Waals surface area contributed by atoms with Crippen LogP contribution < -0.4 is 9.73 Å². The van der Waals surface area contributed by atoms with Gasteiger partial charge in [-0.3, -0.25) is 9.59 Å². The highest BCUT2D eigenvalue weighted by molar-refractivity contribution is 7.90. The number of anilines is 1. The van der Waals surface area contributed by atoms with Gasteiger partial charge in [0.2, 0.25) is 5.91 Å². The van der Waals surface area contributed by atoms with Gasteiger partial charge in [0.25, 0.3) is 15.9 Å². The Hall–Kier alpha value is -4.22. The second-order valence-corrected chi connectivity index (χ2v) is 9.81. The molecule has 3 aromatic rings. The second kappa shape index (κ2) is 9.44. The first-order chi connectivity index (χ1) is 17.0. The van der Waals surface area contributed by atoms with Crippen LogP contribution in [-0.2, 0) is 19.6 Å². The van der Waals surface area contributed by atoms with Gasteiger partial charge < -0.3 is 9.52 Å². The number of nitrogens with one attached hydrogen (secondary N) is 1. The maximum atomic E-state index is 13.0. The summed E-state index contributed by atoms with van der Waals surface area (Å²) in [7, 11) is -3.95. The lowest BCUT2D eigenvalue weighted by atomic mass is 10.1. The molecule has 0 saturated heterocycles. The maximum absolute atomic E-state index is 13.0. The molecule has 1 aliphatic rings. The van der Waals surface area contributed by atoms with Gasteiger partial charge in [-0.05, 0) is 67.6 Å². The summed E-state index contributed by atoms with van der Waals surface area (Å²) in [6, 6.07) is 13.2. The molecule has 0 radical (unpaired) electrons. The van der Waals surface area contributed by atoms with Gasteiger partial charge in [-0.15, -0.1) is 0 Å². The van der Waals surface area contributed by atoms with Gasteiger partial charge >= 0.3 is 5.97 Å². The Kier molecular flexibility index (Phi) is 6.53. The number of rotatable bonds is 6. The minimum absolute atomic E-state index is 0.0400. The third-order valence-corrected chi connectivity index (χ3v) is 6.91. The number of sulfonamides is 1. The fourth-order valence-electron chi connectivity index (χ4n) is 3.44. The van der Waals surface area contributed by atoms with Crippen LogP contribution in [0.25, 0.3) is 17.4 Å². The number of halogens is 1. The normalized spacial score (nSPS) is 14.8. The highest BCUT2D eigenvalue weighted by Crippen LogP contribution is 2.30. The van der Waals surface area contributed by atoms with Crippen LogP contribution in [0.3, 0.4) is 0 Å². The van der Waals surface area contributed by atoms with Crippen LogP contribution >= 0.6 is 11.6 Å². The largest absolute Gasteiger partial charge is 0.478 e. The Morgan fingerprint density at radius 2 is 1.81 bits per heavy atom. The van der Waals surface area contributed by atoms with Crippen LogP contribution in [-0.4, -0.2) is 37.0 Å². The van der Waals surface area contributed by atoms with Gasteiger partial charge in [-0.25, -0.2) is 17.9 Å². The molecule has 0 saturated carbocycles. The molecule has 0 atom stereocenters. The minimum atomic E-state index is -3.95. The van der Waals surface area contributed by atoms with Gasteiger partial charge in [-0.1, -0.05) is 11.6 Å². The number of hydrazone groups is 1. The van der Waals surface area contributed by atoms with Crippen LogP contribution in [0.2, 0.25) is 5.02 Å². The van der Waals surface area contributed by atoms with Gasteiger partial charge in [-0.2, -0.15) is 10.1 Å². The van der Waals surface area contributed by atoms with E-state index >= 15 is 0 Å². The van der Waals surface area contributed by atoms with E-state index in [1.807, 2.05) is 4.72 Å². The lowest BCUT2D eigenvalue weighted by Gasteiger charge is -2.12. The molecule has 0 bridgehead atoms. The zero-order valence-corrected chi connectivity index (χ0v) is 20.4. The van der Waals surface area contributed by atoms with Crippen LogP contribution in [0.5, 0.6) is 0 Å². The van der Waals surface area contributed by atoms with E-state index in [9.17, 15) is 27.9 Å². The highest BCUT2D eigenvalue weighted by Gasteiger charge is 2.30. The lowest BCUT2D eigenvalue weighted by Crippen LogP contribution is -2.28. The number of nitrogens with zero attached hydrogens (tertiary/aromatic N) is 2. The predicted octanol–water partition coefficient (Wildman–Crippen LogP) is 3.93. The van der Waals surface area contributed by atoms with E-state index in [-0.39, 0.29) is 26.7 Å². The summed E-state index contributed by atoms with van der Waals surface area (Å²) in [5.41, 5.74) is 1.32. The molecule has 0 aliphatic carbocycles. The van der Waals surface area contributed by atoms with Crippen molar-refractivity contribution in [2.75, 3.05) is 5.01 Å². The van der Waals surface area contributed by atoms with E-state index in [2.05, 4.69) is 5.10 Å². The molecule has 2 aromatic carbocycles. The van der Waals surface area contributed by atoms with E-state index in [0.29, 0.717) is 22.8 Å². The van der Waals surface area contributed by atoms with Crippen molar-refractivity contribution in [3.8, 4) is 11.3 Å². The first-order valence-electron chi connectivity index (χ1n) is 10.3. The molecule has 0 unspecified atom stereocenters. The Balaban J connectivity index is 1.57. The number of benzene rings is 2. The first kappa shape index (κ1) is 24.9. The summed E-state index contributed by atoms with van der Waals surface area (Å²) in [6.45, 7) is 2.74. The number of hydrogen-bond acceptors (Lipinski definition) is 7. The monoisotopic (exact) mass is 527 g/mol. The Bertz CT molecular complexity index is 1570. The van der Waals surface area contributed by atoms with Crippen LogP contribution in [0, 0.1) is 0 Å². The lowest BCUT2D eigenvalue weighted by molar-refractivity contribution is -0.117. The molecule has 2 amide bonds. The molecular weight excluding hydrogens is 510 g/mol. The van der Waals surface area contributed by atoms with Crippen molar-refractivity contribution in [2.45, 2.75) is 18.7 Å². The molecule has 0 fully saturated rings. The van der Waals surface area contributed by atoms with E-state index in [1.165, 1.54) is 48.5 Å². The fourth-order valence-corrected chi connectivity index (χ4v) is 4.63. The van der Waals surface area contributed by atoms with Crippen molar-refractivity contribution in [1.29, 1.82) is 0 Å². The number of amides is 2. The molecule has 2 heterocycles. The number of furan rings is 1. The third-order valence-electron chi connectivity index (χ3n) is 5.13. The van der Waals surface area contributed by atoms with Crippen molar-refractivity contribution in [3.63, 3.8) is 0 Å². The number of carbonyl (C=O) groups is 3. The summed E-state index contributed by atoms with van der Waals surface area (Å²) in [5.74, 6) is -1.63. The predicted molar refractivity (Wildman–Crippen MR) is 132 cm³/mol. The summed E-state index contributed by atoms with van der Waals surface area (Å²) < 4.78 is 31.9. The third kappa shape index (κ3) is 4.92. The SMILES string of the molecule is CC(=O)NS(=O)(=O)c1ccc(-c2ccc(/C=C3\C(=O)N(c4ccc(Cl)c(C(=O)O)c4)N=C3C)o2)cc1. The number of carboxylic acid groups (broad SMARTS) is 1. The van der Waals surface area contributed by atoms with Gasteiger partial charge in [0.15, 0.2) is 0 Å². The zero-order valence-electron chi connectivity index (χ0n) is 18.9. The topological polar surface area (TPSA) is 146 Å². The molecule has 12 heteroatoms. The quantitative estimate of drug-likeness (QED) is 0.462. The van der Waals surface area contributed by atoms with Crippen molar-refractivity contribution < 1.29 is 32.3 Å². The number of carbonyl (C=O) groups excluding carboxylic acids is 2. The van der Waals surface area contributed by atoms with E-state index < -0.39 is 27.8 Å². The van der Waals surface area contributed by atoms with Crippen molar-refractivity contribution in [1.82, 2.24) is 4.72 Å². The molecule has 36 heavy (non-hydrogen) atoms. The molecule has 0 spiro atoms. The molecule has 184 valence electrons. The molecule has 1 aliphatic heterocycles. The molecule has 4 rings (SSSR count). The summed E-state index contributed by atoms with van der Waals surface area (Å²) in [4.78, 5) is 35.4. The number of aromatic carboxylic acids is 1. The van der Waals surface area contributed by atoms with Crippen molar-refractivity contribution in [3.05, 3.63) is 76.5 Å². The second-order valence-electron chi connectivity index (χ2n) is 7.72. The van der Waals surface area contributed by atoms with Gasteiger partial charge in [0, 0.05) is 12.5 Å². The first-order valence-corrected chi connectivity index (χ1v) is 12.2. The molecular formula is C24H18ClN3O7S. The van der Waals surface area contributed by atoms with Gasteiger partial charge in [0.1, 0.15) is 11.5 Å². The standard InChI is InChI=1S/C24H18ClN3O7S/c1-13-19(23(30)28(26-13)16-5-9-21(25)20(11-16)24(31)32)12-17-6-10-22(35-17)15-3-7-18(8-4-15)36(33,34)27-14(2)29/h3-12H,1-2H3,(H,27,29)(H,31,32)/b19-12-. The smallest absolute Gasteiger partial charge is 0.337 e. The summed E-state index contributed by atoms with van der Waals surface area (Å²) >= 11 is 5.91. The number of carboxylic acids is 1. The van der Waals surface area contributed by atoms with Crippen LogP contribution in [0.4, 0.5) is 5.69 Å². The average Bonchev–Trinajstić information content (AvgIpc) is 3.39. The van der Waals surface area contributed by atoms with Gasteiger partial charge in [0.05, 0.1) is 32.5 Å².